The number of ether oxygens (including phenoxy) is 1. The molecule has 0 unspecified atom stereocenters. The third kappa shape index (κ3) is 4.70. The average molecular weight is 408 g/mol. The summed E-state index contributed by atoms with van der Waals surface area (Å²) in [5.41, 5.74) is 2.44. The molecular weight excluding hydrogens is 380 g/mol. The van der Waals surface area contributed by atoms with Gasteiger partial charge < -0.3 is 15.0 Å². The molecule has 1 aliphatic rings. The molecule has 0 radical (unpaired) electrons. The molecular formula is C24H28N2O4. The number of carbonyl (C=O) groups is 3. The number of nitrogens with one attached hydrogen (secondary N) is 1. The highest BCUT2D eigenvalue weighted by Gasteiger charge is 2.37. The van der Waals surface area contributed by atoms with E-state index in [1.165, 1.54) is 6.92 Å². The molecule has 0 fully saturated rings. The maximum atomic E-state index is 13.5. The van der Waals surface area contributed by atoms with Crippen molar-refractivity contribution in [1.82, 2.24) is 5.32 Å². The molecule has 1 aliphatic heterocycles. The molecule has 0 spiro atoms. The first kappa shape index (κ1) is 21.6. The Labute approximate surface area is 177 Å². The zero-order valence-electron chi connectivity index (χ0n) is 18.1. The summed E-state index contributed by atoms with van der Waals surface area (Å²) in [5.74, 6) is -0.294. The van der Waals surface area contributed by atoms with Crippen LogP contribution >= 0.6 is 0 Å². The Morgan fingerprint density at radius 1 is 1.13 bits per heavy atom. The third-order valence-corrected chi connectivity index (χ3v) is 5.07. The number of fused-ring (bicyclic) bond motifs is 1. The number of alkyl carbamates (subject to hydrolysis) is 1. The van der Waals surface area contributed by atoms with Gasteiger partial charge in [-0.1, -0.05) is 42.5 Å². The van der Waals surface area contributed by atoms with Crippen LogP contribution in [0, 0.1) is 0 Å². The fraction of sp³-hybridized carbons (Fsp3) is 0.375. The van der Waals surface area contributed by atoms with Gasteiger partial charge in [-0.25, -0.2) is 4.79 Å². The monoisotopic (exact) mass is 408 g/mol. The maximum Gasteiger partial charge on any atom is 0.408 e. The number of rotatable bonds is 4. The van der Waals surface area contributed by atoms with E-state index in [0.29, 0.717) is 17.7 Å². The van der Waals surface area contributed by atoms with Crippen LogP contribution in [-0.2, 0) is 16.0 Å². The summed E-state index contributed by atoms with van der Waals surface area (Å²) in [5, 5.41) is 2.72. The number of Topliss-reactive ketones (excluding diaryl/α,β-unsaturated/α-hetero) is 1. The van der Waals surface area contributed by atoms with Gasteiger partial charge >= 0.3 is 6.09 Å². The minimum atomic E-state index is -0.748. The second-order valence-corrected chi connectivity index (χ2v) is 8.60. The summed E-state index contributed by atoms with van der Waals surface area (Å²) in [6.45, 7) is 8.77. The zero-order chi connectivity index (χ0) is 22.1. The summed E-state index contributed by atoms with van der Waals surface area (Å²) in [7, 11) is 0. The van der Waals surface area contributed by atoms with Crippen LogP contribution in [0.3, 0.4) is 0 Å². The van der Waals surface area contributed by atoms with E-state index in [1.54, 1.807) is 37.8 Å². The molecule has 0 bridgehead atoms. The number of ketones is 1. The van der Waals surface area contributed by atoms with Gasteiger partial charge in [-0.05, 0) is 51.8 Å². The lowest BCUT2D eigenvalue weighted by Gasteiger charge is -2.38. The Morgan fingerprint density at radius 2 is 1.80 bits per heavy atom. The molecule has 2 aromatic carbocycles. The van der Waals surface area contributed by atoms with Crippen LogP contribution in [0.2, 0.25) is 0 Å². The van der Waals surface area contributed by atoms with Gasteiger partial charge in [0, 0.05) is 17.7 Å². The summed E-state index contributed by atoms with van der Waals surface area (Å²) in [6.07, 6.45) is -0.291. The molecule has 1 N–H and O–H groups in total. The first-order valence-electron chi connectivity index (χ1n) is 10.1. The summed E-state index contributed by atoms with van der Waals surface area (Å²) < 4.78 is 5.34. The zero-order valence-corrected chi connectivity index (χ0v) is 18.1. The predicted octanol–water partition coefficient (Wildman–Crippen LogP) is 4.43. The van der Waals surface area contributed by atoms with Gasteiger partial charge in [0.05, 0.1) is 6.04 Å². The number of hydrogen-bond acceptors (Lipinski definition) is 4. The topological polar surface area (TPSA) is 75.7 Å². The van der Waals surface area contributed by atoms with Crippen LogP contribution < -0.4 is 10.2 Å². The number of hydrogen-bond donors (Lipinski definition) is 1. The van der Waals surface area contributed by atoms with Crippen molar-refractivity contribution in [3.8, 4) is 0 Å². The SMILES string of the molecule is CC(=O)c1ccc2c(c1)N([C@@H](C)c1ccccc1)C(=O)[C@H](NC(=O)OC(C)(C)C)C2. The minimum Gasteiger partial charge on any atom is -0.444 e. The normalized spacial score (nSPS) is 17.2. The number of carbonyl (C=O) groups excluding carboxylic acids is 3. The van der Waals surface area contributed by atoms with Crippen LogP contribution in [0.4, 0.5) is 10.5 Å². The quantitative estimate of drug-likeness (QED) is 0.759. The van der Waals surface area contributed by atoms with Gasteiger partial charge in [0.2, 0.25) is 0 Å². The highest BCUT2D eigenvalue weighted by molar-refractivity contribution is 6.04. The van der Waals surface area contributed by atoms with Gasteiger partial charge in [0.25, 0.3) is 5.91 Å². The third-order valence-electron chi connectivity index (χ3n) is 5.07. The van der Waals surface area contributed by atoms with Gasteiger partial charge in [-0.3, -0.25) is 9.59 Å². The standard InChI is InChI=1S/C24H28N2O4/c1-15(17-9-7-6-8-10-17)26-21-14-18(16(2)27)11-12-19(21)13-20(22(26)28)25-23(29)30-24(3,4)5/h6-12,14-15,20H,13H2,1-5H3,(H,25,29)/t15-,20+/m0/s1. The van der Waals surface area contributed by atoms with E-state index in [0.717, 1.165) is 11.1 Å². The van der Waals surface area contributed by atoms with Crippen molar-refractivity contribution in [2.75, 3.05) is 4.90 Å². The Morgan fingerprint density at radius 3 is 2.40 bits per heavy atom. The van der Waals surface area contributed by atoms with Gasteiger partial charge in [-0.15, -0.1) is 0 Å². The summed E-state index contributed by atoms with van der Waals surface area (Å²) in [6, 6.07) is 14.0. The first-order chi connectivity index (χ1) is 14.1. The minimum absolute atomic E-state index is 0.0634. The van der Waals surface area contributed by atoms with Crippen molar-refractivity contribution in [3.63, 3.8) is 0 Å². The van der Waals surface area contributed by atoms with Crippen LogP contribution in [-0.4, -0.2) is 29.4 Å². The second-order valence-electron chi connectivity index (χ2n) is 8.60. The van der Waals surface area contributed by atoms with E-state index in [2.05, 4.69) is 5.32 Å². The molecule has 1 heterocycles. The Balaban J connectivity index is 1.99. The molecule has 0 aliphatic carbocycles. The molecule has 2 amide bonds. The molecule has 30 heavy (non-hydrogen) atoms. The molecule has 0 aromatic heterocycles. The van der Waals surface area contributed by atoms with Crippen LogP contribution in [0.5, 0.6) is 0 Å². The van der Waals surface area contributed by atoms with E-state index >= 15 is 0 Å². The molecule has 6 nitrogen and oxygen atoms in total. The molecule has 0 saturated heterocycles. The van der Waals surface area contributed by atoms with Crippen molar-refractivity contribution >= 4 is 23.5 Å². The van der Waals surface area contributed by atoms with E-state index in [9.17, 15) is 14.4 Å². The van der Waals surface area contributed by atoms with Crippen molar-refractivity contribution in [3.05, 3.63) is 65.2 Å². The molecule has 3 rings (SSSR count). The van der Waals surface area contributed by atoms with Crippen LogP contribution in [0.1, 0.15) is 62.1 Å². The highest BCUT2D eigenvalue weighted by atomic mass is 16.6. The van der Waals surface area contributed by atoms with Crippen molar-refractivity contribution in [1.29, 1.82) is 0 Å². The first-order valence-corrected chi connectivity index (χ1v) is 10.1. The molecule has 0 saturated carbocycles. The second kappa shape index (κ2) is 8.30. The predicted molar refractivity (Wildman–Crippen MR) is 116 cm³/mol. The Hall–Kier alpha value is -3.15. The van der Waals surface area contributed by atoms with E-state index < -0.39 is 17.7 Å². The van der Waals surface area contributed by atoms with Gasteiger partial charge in [0.1, 0.15) is 11.6 Å². The fourth-order valence-electron chi connectivity index (χ4n) is 3.62. The number of benzene rings is 2. The Bertz CT molecular complexity index is 963. The lowest BCUT2D eigenvalue weighted by atomic mass is 9.92. The van der Waals surface area contributed by atoms with Crippen LogP contribution in [0.25, 0.3) is 0 Å². The number of anilines is 1. The van der Waals surface area contributed by atoms with E-state index in [1.807, 2.05) is 43.3 Å². The van der Waals surface area contributed by atoms with Crippen molar-refractivity contribution in [2.45, 2.75) is 58.7 Å². The van der Waals surface area contributed by atoms with Gasteiger partial charge in [-0.2, -0.15) is 0 Å². The lowest BCUT2D eigenvalue weighted by Crippen LogP contribution is -2.54. The van der Waals surface area contributed by atoms with Crippen molar-refractivity contribution < 1.29 is 19.1 Å². The summed E-state index contributed by atoms with van der Waals surface area (Å²) in [4.78, 5) is 39.4. The molecule has 2 atom stereocenters. The molecule has 6 heteroatoms. The fourth-order valence-corrected chi connectivity index (χ4v) is 3.62. The number of amides is 2. The average Bonchev–Trinajstić information content (AvgIpc) is 2.67. The number of nitrogens with zero attached hydrogens (tertiary/aromatic N) is 1. The Kier molecular flexibility index (Phi) is 5.97. The van der Waals surface area contributed by atoms with Crippen LogP contribution in [0.15, 0.2) is 48.5 Å². The van der Waals surface area contributed by atoms with E-state index in [4.69, 9.17) is 4.74 Å². The maximum absolute atomic E-state index is 13.5. The smallest absolute Gasteiger partial charge is 0.408 e. The van der Waals surface area contributed by atoms with Gasteiger partial charge in [0.15, 0.2) is 5.78 Å². The highest BCUT2D eigenvalue weighted by Crippen LogP contribution is 2.36. The van der Waals surface area contributed by atoms with Crippen molar-refractivity contribution in [2.24, 2.45) is 0 Å². The molecule has 158 valence electrons. The summed E-state index contributed by atoms with van der Waals surface area (Å²) >= 11 is 0. The largest absolute Gasteiger partial charge is 0.444 e. The molecule has 2 aromatic rings. The lowest BCUT2D eigenvalue weighted by molar-refractivity contribution is -0.121. The van der Waals surface area contributed by atoms with E-state index in [-0.39, 0.29) is 17.7 Å².